The Labute approximate surface area is 57.5 Å². The number of nitrogens with two attached hydrogens (primary N) is 1. The number of aliphatic hydroxyl groups excluding tert-OH is 1. The molecule has 3 unspecified atom stereocenters. The predicted molar refractivity (Wildman–Crippen MR) is 39.8 cm³/mol. The molecule has 0 aromatic rings. The molecule has 0 amide bonds. The van der Waals surface area contributed by atoms with Gasteiger partial charge >= 0.3 is 0 Å². The van der Waals surface area contributed by atoms with E-state index in [0.717, 1.165) is 13.1 Å². The third kappa shape index (κ3) is 1.62. The molecule has 0 spiro atoms. The van der Waals surface area contributed by atoms with Crippen LogP contribution in [0.3, 0.4) is 0 Å². The minimum Gasteiger partial charge on any atom is -0.391 e. The molecule has 0 aliphatic carbocycles. The summed E-state index contributed by atoms with van der Waals surface area (Å²) in [4.78, 5) is 0. The van der Waals surface area contributed by atoms with Gasteiger partial charge in [-0.15, -0.1) is 0 Å². The first kappa shape index (κ1) is 7.42. The van der Waals surface area contributed by atoms with Crippen molar-refractivity contribution in [2.45, 2.75) is 6.10 Å². The lowest BCUT2D eigenvalue weighted by atomic mass is 10.1. The molecule has 54 valence electrons. The van der Waals surface area contributed by atoms with E-state index in [1.807, 2.05) is 4.67 Å². The summed E-state index contributed by atoms with van der Waals surface area (Å²) in [6.45, 7) is 2.24. The molecule has 1 heterocycles. The molecule has 1 fully saturated rings. The smallest absolute Gasteiger partial charge is 0.0722 e. The Bertz CT molecular complexity index is 101. The van der Waals surface area contributed by atoms with E-state index in [2.05, 4.69) is 9.39 Å². The van der Waals surface area contributed by atoms with Crippen LogP contribution in [-0.2, 0) is 0 Å². The van der Waals surface area contributed by atoms with Crippen LogP contribution in [0.5, 0.6) is 0 Å². The fourth-order valence-corrected chi connectivity index (χ4v) is 1.61. The second-order valence-electron chi connectivity index (χ2n) is 2.52. The maximum absolute atomic E-state index is 9.22. The molecule has 3 N–H and O–H groups in total. The Kier molecular flexibility index (Phi) is 2.42. The number of aliphatic hydroxyl groups is 1. The molecule has 0 saturated carbocycles. The van der Waals surface area contributed by atoms with Crippen LogP contribution in [-0.4, -0.2) is 35.5 Å². The summed E-state index contributed by atoms with van der Waals surface area (Å²) in [7, 11) is 2.57. The molecule has 1 saturated heterocycles. The molecule has 3 atom stereocenters. The van der Waals surface area contributed by atoms with E-state index < -0.39 is 0 Å². The number of hydrogen-bond acceptors (Lipinski definition) is 3. The van der Waals surface area contributed by atoms with Gasteiger partial charge in [0.25, 0.3) is 0 Å². The van der Waals surface area contributed by atoms with Gasteiger partial charge in [-0.25, -0.2) is 0 Å². The van der Waals surface area contributed by atoms with Crippen molar-refractivity contribution in [3.8, 4) is 0 Å². The van der Waals surface area contributed by atoms with Gasteiger partial charge in [-0.2, -0.15) is 0 Å². The highest BCUT2D eigenvalue weighted by atomic mass is 31.0. The first-order valence-corrected chi connectivity index (χ1v) is 3.63. The minimum atomic E-state index is -0.215. The Morgan fingerprint density at radius 1 is 1.67 bits per heavy atom. The van der Waals surface area contributed by atoms with Gasteiger partial charge in [0.1, 0.15) is 0 Å². The highest BCUT2D eigenvalue weighted by Crippen LogP contribution is 2.18. The Morgan fingerprint density at radius 3 is 2.56 bits per heavy atom. The van der Waals surface area contributed by atoms with Gasteiger partial charge < -0.3 is 10.8 Å². The lowest BCUT2D eigenvalue weighted by Crippen LogP contribution is -2.25. The van der Waals surface area contributed by atoms with Gasteiger partial charge in [-0.05, 0) is 6.54 Å². The quantitative estimate of drug-likeness (QED) is 0.470. The minimum absolute atomic E-state index is 0.215. The van der Waals surface area contributed by atoms with Crippen molar-refractivity contribution in [2.24, 2.45) is 11.7 Å². The van der Waals surface area contributed by atoms with Crippen molar-refractivity contribution >= 4 is 9.39 Å². The first-order valence-electron chi connectivity index (χ1n) is 3.12. The number of β-amino-alcohol motifs (C(OH)–C–C–N with tert-alkyl or cyclic N) is 1. The molecule has 0 bridgehead atoms. The van der Waals surface area contributed by atoms with E-state index >= 15 is 0 Å². The van der Waals surface area contributed by atoms with Crippen molar-refractivity contribution in [1.82, 2.24) is 4.67 Å². The average molecular weight is 148 g/mol. The SMILES string of the molecule is NCC1CN(P)CC1O. The van der Waals surface area contributed by atoms with E-state index in [-0.39, 0.29) is 12.0 Å². The molecule has 4 heteroatoms. The Hall–Kier alpha value is 0.310. The molecule has 1 aliphatic rings. The fourth-order valence-electron chi connectivity index (χ4n) is 1.12. The zero-order valence-corrected chi connectivity index (χ0v) is 6.48. The summed E-state index contributed by atoms with van der Waals surface area (Å²) in [6.07, 6.45) is -0.215. The molecule has 0 radical (unpaired) electrons. The fraction of sp³-hybridized carbons (Fsp3) is 1.00. The predicted octanol–water partition coefficient (Wildman–Crippen LogP) is -0.972. The largest absolute Gasteiger partial charge is 0.391 e. The van der Waals surface area contributed by atoms with Crippen LogP contribution in [0, 0.1) is 5.92 Å². The molecule has 0 aromatic carbocycles. The van der Waals surface area contributed by atoms with Crippen molar-refractivity contribution < 1.29 is 5.11 Å². The Balaban J connectivity index is 2.38. The topological polar surface area (TPSA) is 49.5 Å². The zero-order chi connectivity index (χ0) is 6.85. The van der Waals surface area contributed by atoms with Gasteiger partial charge in [-0.1, -0.05) is 9.39 Å². The van der Waals surface area contributed by atoms with Crippen LogP contribution in [0.2, 0.25) is 0 Å². The van der Waals surface area contributed by atoms with Gasteiger partial charge in [0, 0.05) is 19.0 Å². The van der Waals surface area contributed by atoms with Crippen molar-refractivity contribution in [1.29, 1.82) is 0 Å². The summed E-state index contributed by atoms with van der Waals surface area (Å²) in [5.41, 5.74) is 5.39. The van der Waals surface area contributed by atoms with Gasteiger partial charge in [0.2, 0.25) is 0 Å². The molecule has 1 rings (SSSR count). The lowest BCUT2D eigenvalue weighted by Gasteiger charge is -2.07. The van der Waals surface area contributed by atoms with Gasteiger partial charge in [0.15, 0.2) is 0 Å². The van der Waals surface area contributed by atoms with Crippen LogP contribution >= 0.6 is 9.39 Å². The van der Waals surface area contributed by atoms with Crippen molar-refractivity contribution in [2.75, 3.05) is 19.6 Å². The number of nitrogens with zero attached hydrogens (tertiary/aromatic N) is 1. The van der Waals surface area contributed by atoms with Gasteiger partial charge in [0.05, 0.1) is 6.10 Å². The highest BCUT2D eigenvalue weighted by molar-refractivity contribution is 7.13. The average Bonchev–Trinajstić information content (AvgIpc) is 2.10. The number of hydrogen-bond donors (Lipinski definition) is 2. The summed E-state index contributed by atoms with van der Waals surface area (Å²) in [6, 6.07) is 0. The summed E-state index contributed by atoms with van der Waals surface area (Å²) in [5.74, 6) is 0.280. The molecular weight excluding hydrogens is 135 g/mol. The van der Waals surface area contributed by atoms with E-state index in [1.54, 1.807) is 0 Å². The molecule has 1 aliphatic heterocycles. The monoisotopic (exact) mass is 148 g/mol. The third-order valence-corrected chi connectivity index (χ3v) is 2.16. The molecule has 3 nitrogen and oxygen atoms in total. The second kappa shape index (κ2) is 2.93. The van der Waals surface area contributed by atoms with Crippen molar-refractivity contribution in [3.05, 3.63) is 0 Å². The van der Waals surface area contributed by atoms with E-state index in [4.69, 9.17) is 5.73 Å². The molecule has 9 heavy (non-hydrogen) atoms. The zero-order valence-electron chi connectivity index (χ0n) is 5.33. The van der Waals surface area contributed by atoms with E-state index in [0.29, 0.717) is 6.54 Å². The maximum Gasteiger partial charge on any atom is 0.0722 e. The van der Waals surface area contributed by atoms with Crippen LogP contribution in [0.4, 0.5) is 0 Å². The van der Waals surface area contributed by atoms with Crippen LogP contribution in [0.25, 0.3) is 0 Å². The normalized spacial score (nSPS) is 37.7. The lowest BCUT2D eigenvalue weighted by molar-refractivity contribution is 0.149. The second-order valence-corrected chi connectivity index (χ2v) is 3.25. The molecular formula is C5H13N2OP. The summed E-state index contributed by atoms with van der Waals surface area (Å²) >= 11 is 0. The standard InChI is InChI=1S/C5H13N2OP/c6-1-4-2-7(9)3-5(4)8/h4-5,8H,1-3,6,9H2. The highest BCUT2D eigenvalue weighted by Gasteiger charge is 2.27. The number of rotatable bonds is 1. The molecule has 0 aromatic heterocycles. The van der Waals surface area contributed by atoms with Crippen LogP contribution in [0.1, 0.15) is 0 Å². The van der Waals surface area contributed by atoms with E-state index in [1.165, 1.54) is 0 Å². The van der Waals surface area contributed by atoms with Crippen molar-refractivity contribution in [3.63, 3.8) is 0 Å². The first-order chi connectivity index (χ1) is 4.24. The third-order valence-electron chi connectivity index (χ3n) is 1.74. The van der Waals surface area contributed by atoms with E-state index in [9.17, 15) is 5.11 Å². The maximum atomic E-state index is 9.22. The summed E-state index contributed by atoms with van der Waals surface area (Å²) in [5, 5.41) is 9.22. The van der Waals surface area contributed by atoms with Gasteiger partial charge in [-0.3, -0.25) is 4.67 Å². The van der Waals surface area contributed by atoms with Crippen LogP contribution in [0.15, 0.2) is 0 Å². The Morgan fingerprint density at radius 2 is 2.33 bits per heavy atom. The van der Waals surface area contributed by atoms with Crippen LogP contribution < -0.4 is 5.73 Å². The summed E-state index contributed by atoms with van der Waals surface area (Å²) < 4.78 is 2.02.